The highest BCUT2D eigenvalue weighted by atomic mass is 19.1. The molecule has 0 bridgehead atoms. The van der Waals surface area contributed by atoms with Crippen molar-refractivity contribution < 1.29 is 8.78 Å². The van der Waals surface area contributed by atoms with E-state index in [-0.39, 0.29) is 11.3 Å². The summed E-state index contributed by atoms with van der Waals surface area (Å²) < 4.78 is 25.4. The van der Waals surface area contributed by atoms with Crippen molar-refractivity contribution in [3.8, 4) is 0 Å². The minimum atomic E-state index is -0.683. The van der Waals surface area contributed by atoms with E-state index in [0.717, 1.165) is 12.1 Å². The fraction of sp³-hybridized carbons (Fsp3) is 0.125. The molecule has 0 aliphatic heterocycles. The van der Waals surface area contributed by atoms with Crippen LogP contribution in [0.5, 0.6) is 0 Å². The van der Waals surface area contributed by atoms with Crippen LogP contribution < -0.4 is 0 Å². The lowest BCUT2D eigenvalue weighted by atomic mass is 10.1. The predicted molar refractivity (Wildman–Crippen MR) is 38.9 cm³/mol. The van der Waals surface area contributed by atoms with E-state index in [4.69, 9.17) is 5.41 Å². The van der Waals surface area contributed by atoms with Gasteiger partial charge in [0.05, 0.1) is 5.56 Å². The molecule has 0 amide bonds. The lowest BCUT2D eigenvalue weighted by molar-refractivity contribution is 0.578. The van der Waals surface area contributed by atoms with Crippen molar-refractivity contribution >= 4 is 5.71 Å². The molecule has 1 nitrogen and oxygen atoms in total. The van der Waals surface area contributed by atoms with E-state index in [2.05, 4.69) is 0 Å². The van der Waals surface area contributed by atoms with Crippen molar-refractivity contribution in [2.45, 2.75) is 6.92 Å². The van der Waals surface area contributed by atoms with Crippen LogP contribution in [0.4, 0.5) is 8.78 Å². The first-order chi connectivity index (χ1) is 5.13. The van der Waals surface area contributed by atoms with Crippen LogP contribution in [0, 0.1) is 17.0 Å². The molecule has 0 fully saturated rings. The molecule has 1 aromatic rings. The van der Waals surface area contributed by atoms with Crippen molar-refractivity contribution in [3.63, 3.8) is 0 Å². The monoisotopic (exact) mass is 155 g/mol. The van der Waals surface area contributed by atoms with E-state index in [1.807, 2.05) is 0 Å². The van der Waals surface area contributed by atoms with Crippen LogP contribution >= 0.6 is 0 Å². The Kier molecular flexibility index (Phi) is 1.98. The van der Waals surface area contributed by atoms with Crippen molar-refractivity contribution in [3.05, 3.63) is 35.4 Å². The number of hydrogen-bond donors (Lipinski definition) is 1. The maximum atomic E-state index is 12.7. The third-order valence-corrected chi connectivity index (χ3v) is 1.34. The van der Waals surface area contributed by atoms with Gasteiger partial charge in [-0.25, -0.2) is 8.78 Å². The summed E-state index contributed by atoms with van der Waals surface area (Å²) in [4.78, 5) is 0. The van der Waals surface area contributed by atoms with E-state index < -0.39 is 11.6 Å². The van der Waals surface area contributed by atoms with Gasteiger partial charge in [0.1, 0.15) is 11.6 Å². The second kappa shape index (κ2) is 2.78. The molecule has 0 atom stereocenters. The maximum absolute atomic E-state index is 12.7. The van der Waals surface area contributed by atoms with Gasteiger partial charge >= 0.3 is 0 Å². The van der Waals surface area contributed by atoms with Crippen LogP contribution in [0.2, 0.25) is 0 Å². The zero-order valence-electron chi connectivity index (χ0n) is 5.99. The number of rotatable bonds is 1. The van der Waals surface area contributed by atoms with Gasteiger partial charge < -0.3 is 5.41 Å². The average Bonchev–Trinajstić information content (AvgIpc) is 1.85. The maximum Gasteiger partial charge on any atom is 0.135 e. The lowest BCUT2D eigenvalue weighted by Gasteiger charge is -2.00. The Morgan fingerprint density at radius 1 is 1.27 bits per heavy atom. The van der Waals surface area contributed by atoms with E-state index >= 15 is 0 Å². The fourth-order valence-corrected chi connectivity index (χ4v) is 0.856. The van der Waals surface area contributed by atoms with E-state index in [9.17, 15) is 8.78 Å². The summed E-state index contributed by atoms with van der Waals surface area (Å²) in [6.07, 6.45) is 0. The third-order valence-electron chi connectivity index (χ3n) is 1.34. The predicted octanol–water partition coefficient (Wildman–Crippen LogP) is 2.35. The SMILES string of the molecule is CC(=N)c1c(F)cccc1F. The van der Waals surface area contributed by atoms with Crippen LogP contribution in [0.25, 0.3) is 0 Å². The summed E-state index contributed by atoms with van der Waals surface area (Å²) in [5.74, 6) is -1.37. The molecule has 0 aromatic heterocycles. The van der Waals surface area contributed by atoms with Crippen molar-refractivity contribution in [1.82, 2.24) is 0 Å². The van der Waals surface area contributed by atoms with Gasteiger partial charge in [-0.2, -0.15) is 0 Å². The first kappa shape index (κ1) is 7.85. The highest BCUT2D eigenvalue weighted by Crippen LogP contribution is 2.11. The Morgan fingerprint density at radius 3 is 2.00 bits per heavy atom. The van der Waals surface area contributed by atoms with Crippen LogP contribution in [0.1, 0.15) is 12.5 Å². The molecular weight excluding hydrogens is 148 g/mol. The van der Waals surface area contributed by atoms with Gasteiger partial charge in [0.2, 0.25) is 0 Å². The molecule has 0 unspecified atom stereocenters. The molecular formula is C8H7F2N. The molecule has 1 aromatic carbocycles. The first-order valence-corrected chi connectivity index (χ1v) is 3.12. The van der Waals surface area contributed by atoms with Gasteiger partial charge in [-0.3, -0.25) is 0 Å². The summed E-state index contributed by atoms with van der Waals surface area (Å²) in [6, 6.07) is 3.55. The summed E-state index contributed by atoms with van der Waals surface area (Å²) in [5.41, 5.74) is -0.340. The normalized spacial score (nSPS) is 9.73. The van der Waals surface area contributed by atoms with Crippen LogP contribution in [-0.2, 0) is 0 Å². The quantitative estimate of drug-likeness (QED) is 0.602. The van der Waals surface area contributed by atoms with Crippen LogP contribution in [0.3, 0.4) is 0 Å². The first-order valence-electron chi connectivity index (χ1n) is 3.12. The summed E-state index contributed by atoms with van der Waals surface area (Å²) in [7, 11) is 0. The highest BCUT2D eigenvalue weighted by molar-refractivity contribution is 5.96. The van der Waals surface area contributed by atoms with Crippen molar-refractivity contribution in [1.29, 1.82) is 5.41 Å². The molecule has 1 rings (SSSR count). The molecule has 0 aliphatic rings. The minimum Gasteiger partial charge on any atom is -0.305 e. The molecule has 0 radical (unpaired) electrons. The smallest absolute Gasteiger partial charge is 0.135 e. The largest absolute Gasteiger partial charge is 0.305 e. The summed E-state index contributed by atoms with van der Waals surface area (Å²) >= 11 is 0. The molecule has 0 spiro atoms. The van der Waals surface area contributed by atoms with Gasteiger partial charge in [-0.15, -0.1) is 0 Å². The molecule has 0 saturated heterocycles. The Balaban J connectivity index is 3.32. The van der Waals surface area contributed by atoms with E-state index in [0.29, 0.717) is 0 Å². The fourth-order valence-electron chi connectivity index (χ4n) is 0.856. The summed E-state index contributed by atoms with van der Waals surface area (Å²) in [5, 5.41) is 7.04. The number of benzene rings is 1. The molecule has 0 saturated carbocycles. The van der Waals surface area contributed by atoms with Crippen molar-refractivity contribution in [2.24, 2.45) is 0 Å². The Hall–Kier alpha value is -1.25. The van der Waals surface area contributed by atoms with E-state index in [1.165, 1.54) is 13.0 Å². The second-order valence-electron chi connectivity index (χ2n) is 2.22. The Morgan fingerprint density at radius 2 is 1.73 bits per heavy atom. The van der Waals surface area contributed by atoms with E-state index in [1.54, 1.807) is 0 Å². The van der Waals surface area contributed by atoms with Crippen LogP contribution in [0.15, 0.2) is 18.2 Å². The second-order valence-corrected chi connectivity index (χ2v) is 2.22. The molecule has 0 aliphatic carbocycles. The molecule has 0 heterocycles. The zero-order valence-corrected chi connectivity index (χ0v) is 5.99. The Bertz CT molecular complexity index is 274. The van der Waals surface area contributed by atoms with Gasteiger partial charge in [0.15, 0.2) is 0 Å². The average molecular weight is 155 g/mol. The zero-order chi connectivity index (χ0) is 8.43. The number of nitrogens with one attached hydrogen (secondary N) is 1. The molecule has 58 valence electrons. The molecule has 11 heavy (non-hydrogen) atoms. The number of hydrogen-bond acceptors (Lipinski definition) is 1. The Labute approximate surface area is 63.2 Å². The summed E-state index contributed by atoms with van der Waals surface area (Å²) in [6.45, 7) is 1.35. The lowest BCUT2D eigenvalue weighted by Crippen LogP contribution is -2.00. The third kappa shape index (κ3) is 1.42. The van der Waals surface area contributed by atoms with Gasteiger partial charge in [-0.05, 0) is 19.1 Å². The number of halogens is 2. The van der Waals surface area contributed by atoms with Gasteiger partial charge in [0.25, 0.3) is 0 Å². The molecule has 1 N–H and O–H groups in total. The van der Waals surface area contributed by atoms with Gasteiger partial charge in [-0.1, -0.05) is 6.07 Å². The highest BCUT2D eigenvalue weighted by Gasteiger charge is 2.08. The molecule has 3 heteroatoms. The van der Waals surface area contributed by atoms with Crippen LogP contribution in [-0.4, -0.2) is 5.71 Å². The minimum absolute atomic E-state index is 0.0967. The standard InChI is InChI=1S/C8H7F2N/c1-5(11)8-6(9)3-2-4-7(8)10/h2-4,11H,1H3. The topological polar surface area (TPSA) is 23.9 Å². The van der Waals surface area contributed by atoms with Crippen molar-refractivity contribution in [2.75, 3.05) is 0 Å². The van der Waals surface area contributed by atoms with Gasteiger partial charge in [0, 0.05) is 5.71 Å².